The monoisotopic (exact) mass is 502 g/mol. The fraction of sp³-hybridized carbons (Fsp3) is 0.310. The highest BCUT2D eigenvalue weighted by molar-refractivity contribution is 6.24. The van der Waals surface area contributed by atoms with Crippen molar-refractivity contribution in [3.8, 4) is 17.2 Å². The number of hydrogen-bond donors (Lipinski definition) is 0. The molecule has 2 aliphatic rings. The van der Waals surface area contributed by atoms with Gasteiger partial charge in [0, 0.05) is 6.07 Å². The maximum absolute atomic E-state index is 13.9. The van der Waals surface area contributed by atoms with Gasteiger partial charge in [0.05, 0.1) is 37.7 Å². The second-order valence-corrected chi connectivity index (χ2v) is 8.86. The van der Waals surface area contributed by atoms with Crippen LogP contribution in [-0.2, 0) is 14.4 Å². The quantitative estimate of drug-likeness (QED) is 0.384. The minimum Gasteiger partial charge on any atom is -0.494 e. The summed E-state index contributed by atoms with van der Waals surface area (Å²) in [5.41, 5.74) is 1.99. The number of fused-ring (bicyclic) bond motifs is 1. The number of amides is 2. The third-order valence-corrected chi connectivity index (χ3v) is 6.50. The molecule has 2 saturated heterocycles. The summed E-state index contributed by atoms with van der Waals surface area (Å²) >= 11 is 0. The highest BCUT2D eigenvalue weighted by atomic mass is 16.7. The first-order valence-corrected chi connectivity index (χ1v) is 12.5. The summed E-state index contributed by atoms with van der Waals surface area (Å²) in [5, 5.41) is 1.67. The summed E-state index contributed by atoms with van der Waals surface area (Å²) in [5.74, 6) is 0.293. The van der Waals surface area contributed by atoms with Crippen LogP contribution in [0.15, 0.2) is 72.8 Å². The van der Waals surface area contributed by atoms with E-state index in [0.717, 1.165) is 17.7 Å². The van der Waals surface area contributed by atoms with Gasteiger partial charge in [-0.2, -0.15) is 0 Å². The lowest BCUT2D eigenvalue weighted by Crippen LogP contribution is -2.37. The highest BCUT2D eigenvalue weighted by Crippen LogP contribution is 2.48. The van der Waals surface area contributed by atoms with Gasteiger partial charge in [-0.25, -0.2) is 9.96 Å². The zero-order chi connectivity index (χ0) is 25.9. The van der Waals surface area contributed by atoms with Crippen molar-refractivity contribution in [3.63, 3.8) is 0 Å². The number of methoxy groups -OCH3 is 1. The molecule has 8 nitrogen and oxygen atoms in total. The number of carbonyl (C=O) groups is 2. The zero-order valence-electron chi connectivity index (χ0n) is 21.1. The Morgan fingerprint density at radius 1 is 0.838 bits per heavy atom. The molecule has 0 bridgehead atoms. The average Bonchev–Trinajstić information content (AvgIpc) is 3.44. The number of ether oxygens (including phenoxy) is 3. The van der Waals surface area contributed by atoms with Gasteiger partial charge < -0.3 is 14.2 Å². The van der Waals surface area contributed by atoms with Crippen molar-refractivity contribution >= 4 is 23.2 Å². The smallest absolute Gasteiger partial charge is 0.266 e. The summed E-state index contributed by atoms with van der Waals surface area (Å²) in [4.78, 5) is 34.9. The van der Waals surface area contributed by atoms with Crippen molar-refractivity contribution in [1.29, 1.82) is 0 Å². The largest absolute Gasteiger partial charge is 0.494 e. The number of benzene rings is 3. The van der Waals surface area contributed by atoms with Crippen molar-refractivity contribution < 1.29 is 28.6 Å². The van der Waals surface area contributed by atoms with E-state index < -0.39 is 24.0 Å². The van der Waals surface area contributed by atoms with Gasteiger partial charge in [0.25, 0.3) is 5.91 Å². The van der Waals surface area contributed by atoms with Crippen LogP contribution in [0.1, 0.15) is 31.9 Å². The average molecular weight is 503 g/mol. The highest BCUT2D eigenvalue weighted by Gasteiger charge is 2.60. The van der Waals surface area contributed by atoms with Crippen LogP contribution in [-0.4, -0.2) is 38.2 Å². The molecule has 3 atom stereocenters. The second-order valence-electron chi connectivity index (χ2n) is 8.86. The molecule has 2 aliphatic heterocycles. The maximum Gasteiger partial charge on any atom is 0.266 e. The lowest BCUT2D eigenvalue weighted by atomic mass is 9.90. The topological polar surface area (TPSA) is 77.5 Å². The Morgan fingerprint density at radius 3 is 2.35 bits per heavy atom. The number of imide groups is 1. The maximum atomic E-state index is 13.9. The molecule has 2 heterocycles. The molecular formula is C29H30N2O6. The molecule has 5 rings (SSSR count). The Kier molecular flexibility index (Phi) is 7.01. The molecule has 0 radical (unpaired) electrons. The van der Waals surface area contributed by atoms with E-state index in [9.17, 15) is 9.59 Å². The fourth-order valence-corrected chi connectivity index (χ4v) is 4.89. The van der Waals surface area contributed by atoms with E-state index in [1.807, 2.05) is 62.4 Å². The number of hydroxylamine groups is 1. The lowest BCUT2D eigenvalue weighted by molar-refractivity contribution is -0.126. The second kappa shape index (κ2) is 10.5. The summed E-state index contributed by atoms with van der Waals surface area (Å²) in [6.07, 6.45) is -0.0976. The number of nitrogens with zero attached hydrogens (tertiary/aromatic N) is 2. The number of anilines is 2. The lowest BCUT2D eigenvalue weighted by Gasteiger charge is -2.29. The first-order chi connectivity index (χ1) is 18.1. The van der Waals surface area contributed by atoms with E-state index in [2.05, 4.69) is 0 Å². The van der Waals surface area contributed by atoms with Gasteiger partial charge in [-0.15, -0.1) is 0 Å². The molecule has 2 amide bonds. The predicted octanol–water partition coefficient (Wildman–Crippen LogP) is 4.93. The Bertz CT molecular complexity index is 1280. The van der Waals surface area contributed by atoms with Crippen LogP contribution in [0.25, 0.3) is 0 Å². The van der Waals surface area contributed by atoms with E-state index >= 15 is 0 Å². The first kappa shape index (κ1) is 24.6. The Balaban J connectivity index is 1.55. The number of hydrogen-bond acceptors (Lipinski definition) is 7. The summed E-state index contributed by atoms with van der Waals surface area (Å²) in [6.45, 7) is 4.96. The molecule has 2 fully saturated rings. The molecule has 0 saturated carbocycles. The molecule has 0 aromatic heterocycles. The van der Waals surface area contributed by atoms with E-state index in [4.69, 9.17) is 19.0 Å². The molecule has 37 heavy (non-hydrogen) atoms. The molecule has 3 aromatic rings. The van der Waals surface area contributed by atoms with E-state index in [-0.39, 0.29) is 5.91 Å². The Labute approximate surface area is 216 Å². The van der Waals surface area contributed by atoms with E-state index in [0.29, 0.717) is 36.1 Å². The van der Waals surface area contributed by atoms with Crippen LogP contribution in [0.3, 0.4) is 0 Å². The number of rotatable bonds is 9. The fourth-order valence-electron chi connectivity index (χ4n) is 4.89. The molecular weight excluding hydrogens is 472 g/mol. The third kappa shape index (κ3) is 4.49. The van der Waals surface area contributed by atoms with Crippen LogP contribution < -0.4 is 24.2 Å². The molecule has 3 aromatic carbocycles. The third-order valence-electron chi connectivity index (χ3n) is 6.50. The Hall–Kier alpha value is -4.04. The van der Waals surface area contributed by atoms with Gasteiger partial charge in [0.15, 0.2) is 17.6 Å². The minimum absolute atomic E-state index is 0.322. The van der Waals surface area contributed by atoms with Gasteiger partial charge in [-0.05, 0) is 55.3 Å². The molecule has 0 N–H and O–H groups in total. The van der Waals surface area contributed by atoms with Crippen molar-refractivity contribution in [2.45, 2.75) is 32.4 Å². The minimum atomic E-state index is -0.963. The van der Waals surface area contributed by atoms with Gasteiger partial charge in [-0.3, -0.25) is 14.4 Å². The standard InChI is InChI=1S/C29H30N2O6/c1-4-16-36-23-15-14-19(17-24(23)34-3)26-25-27(37-31(26)20-10-7-6-8-11-20)29(33)30(28(25)32)21-12-9-13-22(18-21)35-5-2/h6-15,17-18,25-27H,4-5,16H2,1-3H3/t25-,26+,27+/m0/s1. The van der Waals surface area contributed by atoms with E-state index in [1.54, 1.807) is 36.4 Å². The first-order valence-electron chi connectivity index (χ1n) is 12.5. The Morgan fingerprint density at radius 2 is 1.62 bits per heavy atom. The van der Waals surface area contributed by atoms with Crippen molar-refractivity contribution in [2.75, 3.05) is 30.3 Å². The summed E-state index contributed by atoms with van der Waals surface area (Å²) < 4.78 is 17.0. The van der Waals surface area contributed by atoms with Crippen LogP contribution in [0.4, 0.5) is 11.4 Å². The van der Waals surface area contributed by atoms with E-state index in [1.165, 1.54) is 4.90 Å². The van der Waals surface area contributed by atoms with Gasteiger partial charge >= 0.3 is 0 Å². The molecule has 192 valence electrons. The van der Waals surface area contributed by atoms with Gasteiger partial charge in [0.1, 0.15) is 11.7 Å². The summed E-state index contributed by atoms with van der Waals surface area (Å²) in [6, 6.07) is 21.5. The SMILES string of the molecule is CCCOc1ccc([C@@H]2[C@@H]3C(=O)N(c4cccc(OCC)c4)C(=O)[C@@H]3ON2c2ccccc2)cc1OC. The predicted molar refractivity (Wildman–Crippen MR) is 139 cm³/mol. The van der Waals surface area contributed by atoms with Crippen LogP contribution in [0.2, 0.25) is 0 Å². The van der Waals surface area contributed by atoms with Crippen LogP contribution in [0.5, 0.6) is 17.2 Å². The van der Waals surface area contributed by atoms with Gasteiger partial charge in [0.2, 0.25) is 5.91 Å². The van der Waals surface area contributed by atoms with Crippen molar-refractivity contribution in [1.82, 2.24) is 0 Å². The number of para-hydroxylation sites is 1. The van der Waals surface area contributed by atoms with Gasteiger partial charge in [-0.1, -0.05) is 37.3 Å². The molecule has 0 unspecified atom stereocenters. The number of carbonyl (C=O) groups excluding carboxylic acids is 2. The van der Waals surface area contributed by atoms with Crippen molar-refractivity contribution in [3.05, 3.63) is 78.4 Å². The molecule has 8 heteroatoms. The summed E-state index contributed by atoms with van der Waals surface area (Å²) in [7, 11) is 1.58. The molecule has 0 aliphatic carbocycles. The molecule has 0 spiro atoms. The zero-order valence-corrected chi connectivity index (χ0v) is 21.1. The van der Waals surface area contributed by atoms with Crippen molar-refractivity contribution in [2.24, 2.45) is 5.92 Å². The normalized spacial score (nSPS) is 20.8. The van der Waals surface area contributed by atoms with Crippen LogP contribution in [0, 0.1) is 5.92 Å². The van der Waals surface area contributed by atoms with Crippen LogP contribution >= 0.6 is 0 Å².